The van der Waals surface area contributed by atoms with E-state index >= 15 is 0 Å². The molecule has 0 bridgehead atoms. The lowest BCUT2D eigenvalue weighted by Gasteiger charge is -2.20. The summed E-state index contributed by atoms with van der Waals surface area (Å²) in [4.78, 5) is 5.79. The van der Waals surface area contributed by atoms with Crippen molar-refractivity contribution in [3.05, 3.63) is 24.5 Å². The van der Waals surface area contributed by atoms with Gasteiger partial charge in [0.15, 0.2) is 0 Å². The van der Waals surface area contributed by atoms with Crippen LogP contribution in [0.3, 0.4) is 0 Å². The molecule has 1 unspecified atom stereocenters. The Balaban J connectivity index is 2.53. The summed E-state index contributed by atoms with van der Waals surface area (Å²) in [6.07, 6.45) is 2.70. The average molecular weight is 182 g/mol. The molecule has 0 spiro atoms. The topological polar surface area (TPSA) is 56.6 Å². The molecule has 1 atom stereocenters. The third-order valence-corrected chi connectivity index (χ3v) is 1.78. The first kappa shape index (κ1) is 9.95. The zero-order chi connectivity index (χ0) is 9.68. The zero-order valence-corrected chi connectivity index (χ0v) is 7.59. The largest absolute Gasteiger partial charge is 0.394 e. The molecule has 1 aromatic heterocycles. The third-order valence-electron chi connectivity index (χ3n) is 1.78. The second kappa shape index (κ2) is 4.79. The van der Waals surface area contributed by atoms with E-state index in [0.717, 1.165) is 5.69 Å². The predicted molar refractivity (Wildman–Crippen MR) is 50.6 cm³/mol. The van der Waals surface area contributed by atoms with Crippen molar-refractivity contribution in [2.24, 2.45) is 0 Å². The Kier molecular flexibility index (Phi) is 3.67. The molecule has 0 aliphatic carbocycles. The number of anilines is 1. The van der Waals surface area contributed by atoms with Gasteiger partial charge in [-0.05, 0) is 12.1 Å². The molecule has 0 saturated heterocycles. The van der Waals surface area contributed by atoms with E-state index in [0.29, 0.717) is 6.54 Å². The van der Waals surface area contributed by atoms with Crippen LogP contribution in [0.15, 0.2) is 24.5 Å². The number of rotatable bonds is 4. The van der Waals surface area contributed by atoms with Gasteiger partial charge in [-0.25, -0.2) is 0 Å². The maximum Gasteiger partial charge on any atom is 0.0945 e. The highest BCUT2D eigenvalue weighted by atomic mass is 16.3. The Morgan fingerprint density at radius 3 is 2.92 bits per heavy atom. The van der Waals surface area contributed by atoms with E-state index in [4.69, 9.17) is 5.11 Å². The monoisotopic (exact) mass is 182 g/mol. The van der Waals surface area contributed by atoms with E-state index in [-0.39, 0.29) is 6.61 Å². The third kappa shape index (κ3) is 3.01. The molecule has 72 valence electrons. The van der Waals surface area contributed by atoms with E-state index in [1.54, 1.807) is 12.4 Å². The van der Waals surface area contributed by atoms with Crippen LogP contribution in [-0.4, -0.2) is 41.5 Å². The Labute approximate surface area is 77.5 Å². The summed E-state index contributed by atoms with van der Waals surface area (Å²) in [6.45, 7) is 0.187. The molecule has 4 heteroatoms. The van der Waals surface area contributed by atoms with Gasteiger partial charge in [0, 0.05) is 19.8 Å². The minimum atomic E-state index is -0.704. The van der Waals surface area contributed by atoms with Crippen LogP contribution in [0, 0.1) is 0 Å². The first-order chi connectivity index (χ1) is 6.24. The average Bonchev–Trinajstić information content (AvgIpc) is 2.19. The number of hydrogen-bond donors (Lipinski definition) is 2. The van der Waals surface area contributed by atoms with E-state index < -0.39 is 6.10 Å². The molecule has 1 aromatic rings. The van der Waals surface area contributed by atoms with Crippen LogP contribution in [0.2, 0.25) is 0 Å². The highest BCUT2D eigenvalue weighted by Gasteiger charge is 2.06. The van der Waals surface area contributed by atoms with Crippen LogP contribution < -0.4 is 4.90 Å². The Morgan fingerprint density at radius 2 is 2.38 bits per heavy atom. The minimum Gasteiger partial charge on any atom is -0.394 e. The number of aromatic nitrogens is 1. The summed E-state index contributed by atoms with van der Waals surface area (Å²) >= 11 is 0. The first-order valence-electron chi connectivity index (χ1n) is 4.14. The van der Waals surface area contributed by atoms with Crippen molar-refractivity contribution < 1.29 is 10.2 Å². The van der Waals surface area contributed by atoms with E-state index in [9.17, 15) is 5.11 Å². The molecule has 1 heterocycles. The fourth-order valence-corrected chi connectivity index (χ4v) is 1.06. The van der Waals surface area contributed by atoms with Gasteiger partial charge in [-0.15, -0.1) is 0 Å². The number of nitrogens with zero attached hydrogens (tertiary/aromatic N) is 2. The van der Waals surface area contributed by atoms with Crippen molar-refractivity contribution in [3.63, 3.8) is 0 Å². The summed E-state index contributed by atoms with van der Waals surface area (Å²) < 4.78 is 0. The van der Waals surface area contributed by atoms with Crippen molar-refractivity contribution in [3.8, 4) is 0 Å². The Hall–Kier alpha value is -1.13. The summed E-state index contributed by atoms with van der Waals surface area (Å²) in [6, 6.07) is 3.73. The van der Waals surface area contributed by atoms with Crippen LogP contribution in [0.1, 0.15) is 0 Å². The van der Waals surface area contributed by atoms with E-state index in [1.165, 1.54) is 0 Å². The quantitative estimate of drug-likeness (QED) is 0.681. The van der Waals surface area contributed by atoms with Crippen molar-refractivity contribution in [1.29, 1.82) is 0 Å². The van der Waals surface area contributed by atoms with Crippen LogP contribution in [0.4, 0.5) is 5.69 Å². The van der Waals surface area contributed by atoms with Crippen LogP contribution >= 0.6 is 0 Å². The molecule has 4 nitrogen and oxygen atoms in total. The van der Waals surface area contributed by atoms with Gasteiger partial charge < -0.3 is 15.1 Å². The SMILES string of the molecule is CN(CC(O)CO)c1cccnc1. The maximum absolute atomic E-state index is 9.18. The molecular formula is C9H14N2O2. The lowest BCUT2D eigenvalue weighted by atomic mass is 10.3. The van der Waals surface area contributed by atoms with Gasteiger partial charge in [-0.3, -0.25) is 4.98 Å². The second-order valence-electron chi connectivity index (χ2n) is 2.93. The van der Waals surface area contributed by atoms with Crippen LogP contribution in [-0.2, 0) is 0 Å². The Morgan fingerprint density at radius 1 is 1.62 bits per heavy atom. The summed E-state index contributed by atoms with van der Waals surface area (Å²) in [5, 5.41) is 17.8. The first-order valence-corrected chi connectivity index (χ1v) is 4.14. The van der Waals surface area contributed by atoms with Crippen LogP contribution in [0.25, 0.3) is 0 Å². The summed E-state index contributed by atoms with van der Waals surface area (Å²) in [5.74, 6) is 0. The second-order valence-corrected chi connectivity index (χ2v) is 2.93. The predicted octanol–water partition coefficient (Wildman–Crippen LogP) is -0.129. The van der Waals surface area contributed by atoms with Crippen molar-refractivity contribution in [2.75, 3.05) is 25.1 Å². The molecule has 0 fully saturated rings. The maximum atomic E-state index is 9.18. The fraction of sp³-hybridized carbons (Fsp3) is 0.444. The van der Waals surface area contributed by atoms with Gasteiger partial charge in [0.2, 0.25) is 0 Å². The number of aliphatic hydroxyl groups is 2. The van der Waals surface area contributed by atoms with Gasteiger partial charge in [-0.2, -0.15) is 0 Å². The van der Waals surface area contributed by atoms with Gasteiger partial charge >= 0.3 is 0 Å². The highest BCUT2D eigenvalue weighted by Crippen LogP contribution is 2.08. The molecule has 0 saturated carbocycles. The molecule has 0 aliphatic heterocycles. The van der Waals surface area contributed by atoms with Gasteiger partial charge in [-0.1, -0.05) is 0 Å². The number of pyridine rings is 1. The number of hydrogen-bond acceptors (Lipinski definition) is 4. The molecular weight excluding hydrogens is 168 g/mol. The molecule has 0 radical (unpaired) electrons. The fourth-order valence-electron chi connectivity index (χ4n) is 1.06. The highest BCUT2D eigenvalue weighted by molar-refractivity contribution is 5.42. The normalized spacial score (nSPS) is 12.5. The van der Waals surface area contributed by atoms with Crippen molar-refractivity contribution >= 4 is 5.69 Å². The standard InChI is InChI=1S/C9H14N2O2/c1-11(6-9(13)7-12)8-3-2-4-10-5-8/h2-5,9,12-13H,6-7H2,1H3. The van der Waals surface area contributed by atoms with Crippen LogP contribution in [0.5, 0.6) is 0 Å². The molecule has 0 aromatic carbocycles. The van der Waals surface area contributed by atoms with Gasteiger partial charge in [0.25, 0.3) is 0 Å². The summed E-state index contributed by atoms with van der Waals surface area (Å²) in [5.41, 5.74) is 0.926. The lowest BCUT2D eigenvalue weighted by molar-refractivity contribution is 0.101. The Bertz CT molecular complexity index is 241. The zero-order valence-electron chi connectivity index (χ0n) is 7.59. The van der Waals surface area contributed by atoms with E-state index in [2.05, 4.69) is 4.98 Å². The van der Waals surface area contributed by atoms with Crippen molar-refractivity contribution in [2.45, 2.75) is 6.10 Å². The smallest absolute Gasteiger partial charge is 0.0945 e. The van der Waals surface area contributed by atoms with E-state index in [1.807, 2.05) is 24.1 Å². The minimum absolute atomic E-state index is 0.218. The van der Waals surface area contributed by atoms with Gasteiger partial charge in [0.1, 0.15) is 0 Å². The number of likely N-dealkylation sites (N-methyl/N-ethyl adjacent to an activating group) is 1. The number of aliphatic hydroxyl groups excluding tert-OH is 2. The lowest BCUT2D eigenvalue weighted by Crippen LogP contribution is -2.31. The molecule has 0 aliphatic rings. The van der Waals surface area contributed by atoms with Gasteiger partial charge in [0.05, 0.1) is 24.6 Å². The molecule has 0 amide bonds. The summed E-state index contributed by atoms with van der Waals surface area (Å²) in [7, 11) is 1.84. The molecule has 1 rings (SSSR count). The van der Waals surface area contributed by atoms with Crippen molar-refractivity contribution in [1.82, 2.24) is 4.98 Å². The molecule has 2 N–H and O–H groups in total. The molecule has 13 heavy (non-hydrogen) atoms.